The molecule has 2 amide bonds. The number of hydrogen-bond donors (Lipinski definition) is 1. The molecule has 1 aromatic carbocycles. The van der Waals surface area contributed by atoms with E-state index in [9.17, 15) is 27.2 Å². The van der Waals surface area contributed by atoms with Crippen LogP contribution in [-0.2, 0) is 9.59 Å². The average Bonchev–Trinajstić information content (AvgIpc) is 3.07. The third kappa shape index (κ3) is 4.04. The van der Waals surface area contributed by atoms with E-state index < -0.39 is 42.3 Å². The van der Waals surface area contributed by atoms with Crippen LogP contribution in [0.5, 0.6) is 0 Å². The molecule has 0 radical (unpaired) electrons. The van der Waals surface area contributed by atoms with Crippen molar-refractivity contribution in [2.75, 3.05) is 18.1 Å². The van der Waals surface area contributed by atoms with Crippen molar-refractivity contribution in [3.63, 3.8) is 0 Å². The van der Waals surface area contributed by atoms with Gasteiger partial charge in [0.2, 0.25) is 5.91 Å². The monoisotopic (exact) mass is 386 g/mol. The molecule has 1 aromatic rings. The summed E-state index contributed by atoms with van der Waals surface area (Å²) in [5.41, 5.74) is 5.69. The summed E-state index contributed by atoms with van der Waals surface area (Å²) in [7, 11) is 0. The Bertz CT molecular complexity index is 763. The SMILES string of the molecule is NC(=O)[C@H]1CC(C(=O)N2CCC[C@@H](C(F)(F)F)C2)=NN1c1ccc(F)cc1. The maximum atomic E-state index is 13.1. The van der Waals surface area contributed by atoms with Crippen molar-refractivity contribution in [1.29, 1.82) is 0 Å². The Morgan fingerprint density at radius 2 is 1.85 bits per heavy atom. The Kier molecular flexibility index (Phi) is 5.07. The van der Waals surface area contributed by atoms with Gasteiger partial charge in [0.15, 0.2) is 0 Å². The van der Waals surface area contributed by atoms with Crippen molar-refractivity contribution in [3.05, 3.63) is 30.1 Å². The second kappa shape index (κ2) is 7.16. The number of nitrogens with two attached hydrogens (primary N) is 1. The van der Waals surface area contributed by atoms with Crippen LogP contribution in [0.15, 0.2) is 29.4 Å². The maximum Gasteiger partial charge on any atom is 0.393 e. The third-order valence-corrected chi connectivity index (χ3v) is 4.75. The summed E-state index contributed by atoms with van der Waals surface area (Å²) in [5, 5.41) is 5.32. The molecular weight excluding hydrogens is 368 g/mol. The minimum absolute atomic E-state index is 0.0224. The number of alkyl halides is 3. The van der Waals surface area contributed by atoms with E-state index in [-0.39, 0.29) is 31.5 Å². The molecule has 0 aliphatic carbocycles. The van der Waals surface area contributed by atoms with E-state index in [0.717, 1.165) is 4.90 Å². The Morgan fingerprint density at radius 1 is 1.19 bits per heavy atom. The zero-order valence-electron chi connectivity index (χ0n) is 14.2. The maximum absolute atomic E-state index is 13.1. The van der Waals surface area contributed by atoms with E-state index in [1.807, 2.05) is 0 Å². The zero-order chi connectivity index (χ0) is 19.8. The number of rotatable bonds is 3. The number of hydrazone groups is 1. The minimum Gasteiger partial charge on any atom is -0.368 e. The molecule has 0 saturated carbocycles. The second-order valence-electron chi connectivity index (χ2n) is 6.62. The molecule has 2 N–H and O–H groups in total. The van der Waals surface area contributed by atoms with Gasteiger partial charge in [0, 0.05) is 19.5 Å². The summed E-state index contributed by atoms with van der Waals surface area (Å²) < 4.78 is 52.0. The van der Waals surface area contributed by atoms with Gasteiger partial charge in [-0.05, 0) is 37.1 Å². The molecule has 6 nitrogen and oxygen atoms in total. The molecule has 2 aliphatic heterocycles. The zero-order valence-corrected chi connectivity index (χ0v) is 14.2. The van der Waals surface area contributed by atoms with Crippen LogP contribution in [0.4, 0.5) is 23.2 Å². The normalized spacial score (nSPS) is 23.3. The molecule has 3 rings (SSSR count). The number of anilines is 1. The highest BCUT2D eigenvalue weighted by atomic mass is 19.4. The van der Waals surface area contributed by atoms with E-state index in [1.54, 1.807) is 0 Å². The Morgan fingerprint density at radius 3 is 2.44 bits per heavy atom. The van der Waals surface area contributed by atoms with Gasteiger partial charge in [0.25, 0.3) is 5.91 Å². The minimum atomic E-state index is -4.37. The average molecular weight is 386 g/mol. The molecule has 0 aromatic heterocycles. The van der Waals surface area contributed by atoms with Crippen LogP contribution in [-0.4, -0.2) is 47.7 Å². The first-order valence-corrected chi connectivity index (χ1v) is 8.44. The van der Waals surface area contributed by atoms with Crippen LogP contribution < -0.4 is 10.7 Å². The van der Waals surface area contributed by atoms with E-state index in [4.69, 9.17) is 5.73 Å². The van der Waals surface area contributed by atoms with Crippen LogP contribution in [0.2, 0.25) is 0 Å². The lowest BCUT2D eigenvalue weighted by molar-refractivity contribution is -0.187. The number of amides is 2. The first kappa shape index (κ1) is 19.1. The topological polar surface area (TPSA) is 79.0 Å². The first-order chi connectivity index (χ1) is 12.7. The van der Waals surface area contributed by atoms with Gasteiger partial charge in [-0.15, -0.1) is 0 Å². The number of halogens is 4. The fourth-order valence-electron chi connectivity index (χ4n) is 3.30. The highest BCUT2D eigenvalue weighted by molar-refractivity contribution is 6.40. The second-order valence-corrected chi connectivity index (χ2v) is 6.62. The molecule has 0 bridgehead atoms. The van der Waals surface area contributed by atoms with Gasteiger partial charge in [0.05, 0.1) is 11.6 Å². The number of carbonyl (C=O) groups is 2. The van der Waals surface area contributed by atoms with Gasteiger partial charge in [-0.1, -0.05) is 0 Å². The van der Waals surface area contributed by atoms with Gasteiger partial charge in [0.1, 0.15) is 17.6 Å². The number of primary amides is 1. The van der Waals surface area contributed by atoms with Crippen LogP contribution >= 0.6 is 0 Å². The van der Waals surface area contributed by atoms with Crippen molar-refractivity contribution < 1.29 is 27.2 Å². The number of piperidine rings is 1. The van der Waals surface area contributed by atoms with E-state index in [1.165, 1.54) is 29.3 Å². The van der Waals surface area contributed by atoms with Crippen molar-refractivity contribution >= 4 is 23.2 Å². The Labute approximate surface area is 152 Å². The molecule has 1 fully saturated rings. The van der Waals surface area contributed by atoms with E-state index in [2.05, 4.69) is 5.10 Å². The van der Waals surface area contributed by atoms with Crippen molar-refractivity contribution in [2.24, 2.45) is 16.8 Å². The lowest BCUT2D eigenvalue weighted by Crippen LogP contribution is -2.47. The van der Waals surface area contributed by atoms with E-state index >= 15 is 0 Å². The van der Waals surface area contributed by atoms with Crippen molar-refractivity contribution in [3.8, 4) is 0 Å². The largest absolute Gasteiger partial charge is 0.393 e. The van der Waals surface area contributed by atoms with Crippen LogP contribution in [0.1, 0.15) is 19.3 Å². The number of nitrogens with zero attached hydrogens (tertiary/aromatic N) is 3. The van der Waals surface area contributed by atoms with E-state index in [0.29, 0.717) is 5.69 Å². The highest BCUT2D eigenvalue weighted by Gasteiger charge is 2.44. The number of likely N-dealkylation sites (tertiary alicyclic amines) is 1. The molecule has 10 heteroatoms. The summed E-state index contributed by atoms with van der Waals surface area (Å²) in [6.45, 7) is -0.235. The Balaban J connectivity index is 1.81. The molecule has 27 heavy (non-hydrogen) atoms. The fraction of sp³-hybridized carbons (Fsp3) is 0.471. The molecule has 2 atom stereocenters. The van der Waals surface area contributed by atoms with Crippen molar-refractivity contribution in [1.82, 2.24) is 4.90 Å². The molecule has 2 heterocycles. The standard InChI is InChI=1S/C17H18F4N4O2/c18-11-3-5-12(6-4-11)25-14(15(22)26)8-13(23-25)16(27)24-7-1-2-10(9-24)17(19,20)21/h3-6,10,14H,1-2,7-9H2,(H2,22,26)/t10-,14-/m1/s1. The first-order valence-electron chi connectivity index (χ1n) is 8.44. The molecule has 1 saturated heterocycles. The molecule has 0 unspecified atom stereocenters. The summed E-state index contributed by atoms with van der Waals surface area (Å²) in [4.78, 5) is 25.5. The summed E-state index contributed by atoms with van der Waals surface area (Å²) >= 11 is 0. The van der Waals surface area contributed by atoms with Gasteiger partial charge in [-0.2, -0.15) is 18.3 Å². The van der Waals surface area contributed by atoms with Crippen LogP contribution in [0.3, 0.4) is 0 Å². The molecule has 0 spiro atoms. The van der Waals surface area contributed by atoms with Gasteiger partial charge >= 0.3 is 6.18 Å². The number of carbonyl (C=O) groups excluding carboxylic acids is 2. The summed E-state index contributed by atoms with van der Waals surface area (Å²) in [6.07, 6.45) is -4.26. The summed E-state index contributed by atoms with van der Waals surface area (Å²) in [6, 6.07) is 4.13. The molecule has 146 valence electrons. The lowest BCUT2D eigenvalue weighted by atomic mass is 9.97. The predicted octanol–water partition coefficient (Wildman–Crippen LogP) is 2.05. The van der Waals surface area contributed by atoms with Crippen molar-refractivity contribution in [2.45, 2.75) is 31.5 Å². The Hall–Kier alpha value is -2.65. The quantitative estimate of drug-likeness (QED) is 0.808. The van der Waals surface area contributed by atoms with Crippen LogP contribution in [0.25, 0.3) is 0 Å². The predicted molar refractivity (Wildman–Crippen MR) is 89.3 cm³/mol. The fourth-order valence-corrected chi connectivity index (χ4v) is 3.30. The highest BCUT2D eigenvalue weighted by Crippen LogP contribution is 2.34. The van der Waals surface area contributed by atoms with Gasteiger partial charge < -0.3 is 10.6 Å². The third-order valence-electron chi connectivity index (χ3n) is 4.75. The van der Waals surface area contributed by atoms with Gasteiger partial charge in [-0.3, -0.25) is 14.6 Å². The van der Waals surface area contributed by atoms with Gasteiger partial charge in [-0.25, -0.2) is 4.39 Å². The number of benzene rings is 1. The smallest absolute Gasteiger partial charge is 0.368 e. The molecule has 2 aliphatic rings. The number of hydrogen-bond acceptors (Lipinski definition) is 4. The summed E-state index contributed by atoms with van der Waals surface area (Å²) in [5.74, 6) is -3.43. The lowest BCUT2D eigenvalue weighted by Gasteiger charge is -2.33. The molecular formula is C17H18F4N4O2. The van der Waals surface area contributed by atoms with Crippen LogP contribution in [0, 0.1) is 11.7 Å².